The van der Waals surface area contributed by atoms with Crippen molar-refractivity contribution in [1.29, 1.82) is 0 Å². The predicted octanol–water partition coefficient (Wildman–Crippen LogP) is 2.22. The second-order valence-electron chi connectivity index (χ2n) is 6.42. The van der Waals surface area contributed by atoms with Gasteiger partial charge in [0.15, 0.2) is 0 Å². The van der Waals surface area contributed by atoms with Crippen molar-refractivity contribution in [2.75, 3.05) is 26.7 Å². The lowest BCUT2D eigenvalue weighted by Gasteiger charge is -2.38. The van der Waals surface area contributed by atoms with Crippen LogP contribution < -0.4 is 0 Å². The molecule has 0 N–H and O–H groups in total. The highest BCUT2D eigenvalue weighted by atomic mass is 16.4. The Balaban J connectivity index is 1.48. The Morgan fingerprint density at radius 3 is 2.79 bits per heavy atom. The maximum atomic E-state index is 12.4. The van der Waals surface area contributed by atoms with Crippen molar-refractivity contribution >= 4 is 5.91 Å². The molecule has 1 aliphatic heterocycles. The van der Waals surface area contributed by atoms with Crippen molar-refractivity contribution in [3.63, 3.8) is 0 Å². The van der Waals surface area contributed by atoms with E-state index in [2.05, 4.69) is 29.1 Å². The molecule has 6 heteroatoms. The predicted molar refractivity (Wildman–Crippen MR) is 91.3 cm³/mol. The van der Waals surface area contributed by atoms with Crippen molar-refractivity contribution in [3.05, 3.63) is 36.2 Å². The molecule has 1 fully saturated rings. The smallest absolute Gasteiger partial charge is 0.247 e. The Morgan fingerprint density at radius 2 is 2.04 bits per heavy atom. The number of carbonyl (C=O) groups is 1. The first-order valence-corrected chi connectivity index (χ1v) is 8.49. The molecule has 6 nitrogen and oxygen atoms in total. The van der Waals surface area contributed by atoms with Gasteiger partial charge in [0, 0.05) is 44.1 Å². The van der Waals surface area contributed by atoms with Crippen molar-refractivity contribution in [2.24, 2.45) is 0 Å². The summed E-state index contributed by atoms with van der Waals surface area (Å²) in [5, 5.41) is 8.16. The fourth-order valence-corrected chi connectivity index (χ4v) is 3.10. The number of nitrogens with zero attached hydrogens (tertiary/aromatic N) is 4. The van der Waals surface area contributed by atoms with E-state index < -0.39 is 0 Å². The molecule has 1 amide bonds. The minimum atomic E-state index is 0.221. The van der Waals surface area contributed by atoms with E-state index in [0.29, 0.717) is 24.6 Å². The Labute approximate surface area is 142 Å². The second-order valence-corrected chi connectivity index (χ2v) is 6.42. The van der Waals surface area contributed by atoms with Gasteiger partial charge < -0.3 is 14.2 Å². The molecule has 1 unspecified atom stereocenters. The van der Waals surface area contributed by atoms with Crippen LogP contribution in [0.1, 0.15) is 25.7 Å². The second kappa shape index (κ2) is 7.57. The van der Waals surface area contributed by atoms with E-state index in [9.17, 15) is 4.79 Å². The molecule has 1 aromatic heterocycles. The number of aryl methyl sites for hydroxylation is 1. The monoisotopic (exact) mass is 328 g/mol. The average molecular weight is 328 g/mol. The normalized spacial score (nSPS) is 18.8. The van der Waals surface area contributed by atoms with E-state index in [0.717, 1.165) is 31.6 Å². The maximum absolute atomic E-state index is 12.4. The lowest BCUT2D eigenvalue weighted by molar-refractivity contribution is -0.135. The number of carbonyl (C=O) groups excluding carboxylic acids is 1. The van der Waals surface area contributed by atoms with Crippen molar-refractivity contribution in [3.8, 4) is 11.5 Å². The summed E-state index contributed by atoms with van der Waals surface area (Å²) < 4.78 is 5.68. The average Bonchev–Trinajstić information content (AvgIpc) is 3.04. The first kappa shape index (κ1) is 16.6. The SMILES string of the molecule is CC1CN(C)CCN1C(=O)CCCc1nnc(-c2ccccc2)o1. The Morgan fingerprint density at radius 1 is 1.25 bits per heavy atom. The minimum Gasteiger partial charge on any atom is -0.421 e. The highest BCUT2D eigenvalue weighted by Gasteiger charge is 2.25. The molecule has 2 aromatic rings. The van der Waals surface area contributed by atoms with Gasteiger partial charge in [-0.15, -0.1) is 10.2 Å². The molecule has 3 rings (SSSR count). The van der Waals surface area contributed by atoms with Crippen LogP contribution in [0.3, 0.4) is 0 Å². The highest BCUT2D eigenvalue weighted by Crippen LogP contribution is 2.18. The van der Waals surface area contributed by atoms with Crippen molar-refractivity contribution in [1.82, 2.24) is 20.0 Å². The molecular formula is C18H24N4O2. The number of piperazine rings is 1. The van der Waals surface area contributed by atoms with Gasteiger partial charge in [0.2, 0.25) is 17.7 Å². The molecule has 0 spiro atoms. The summed E-state index contributed by atoms with van der Waals surface area (Å²) in [5.41, 5.74) is 0.915. The first-order valence-electron chi connectivity index (χ1n) is 8.49. The standard InChI is InChI=1S/C18H24N4O2/c1-14-13-21(2)11-12-22(14)17(23)10-6-9-16-19-20-18(24-16)15-7-4-3-5-8-15/h3-5,7-8,14H,6,9-13H2,1-2H3. The van der Waals surface area contributed by atoms with Crippen molar-refractivity contribution in [2.45, 2.75) is 32.2 Å². The van der Waals surface area contributed by atoms with Crippen molar-refractivity contribution < 1.29 is 9.21 Å². The summed E-state index contributed by atoms with van der Waals surface area (Å²) in [6, 6.07) is 9.99. The van der Waals surface area contributed by atoms with E-state index in [1.54, 1.807) is 0 Å². The van der Waals surface area contributed by atoms with Gasteiger partial charge in [0.25, 0.3) is 0 Å². The van der Waals surface area contributed by atoms with E-state index in [4.69, 9.17) is 4.42 Å². The number of hydrogen-bond acceptors (Lipinski definition) is 5. The zero-order chi connectivity index (χ0) is 16.9. The molecule has 0 saturated carbocycles. The number of rotatable bonds is 5. The fraction of sp³-hybridized carbons (Fsp3) is 0.500. The molecular weight excluding hydrogens is 304 g/mol. The van der Waals surface area contributed by atoms with E-state index in [-0.39, 0.29) is 11.9 Å². The lowest BCUT2D eigenvalue weighted by atomic mass is 10.1. The topological polar surface area (TPSA) is 62.5 Å². The summed E-state index contributed by atoms with van der Waals surface area (Å²) in [6.07, 6.45) is 1.89. The quantitative estimate of drug-likeness (QED) is 0.842. The highest BCUT2D eigenvalue weighted by molar-refractivity contribution is 5.76. The third-order valence-electron chi connectivity index (χ3n) is 4.42. The fourth-order valence-electron chi connectivity index (χ4n) is 3.10. The largest absolute Gasteiger partial charge is 0.421 e. The Hall–Kier alpha value is -2.21. The van der Waals surface area contributed by atoms with Gasteiger partial charge in [0.1, 0.15) is 0 Å². The van der Waals surface area contributed by atoms with E-state index in [1.165, 1.54) is 0 Å². The molecule has 0 aliphatic carbocycles. The van der Waals surface area contributed by atoms with Gasteiger partial charge in [-0.3, -0.25) is 4.79 Å². The number of aromatic nitrogens is 2. The zero-order valence-corrected chi connectivity index (χ0v) is 14.3. The van der Waals surface area contributed by atoms with Gasteiger partial charge in [-0.25, -0.2) is 0 Å². The summed E-state index contributed by atoms with van der Waals surface area (Å²) in [5.74, 6) is 1.34. The van der Waals surface area contributed by atoms with Crippen LogP contribution in [-0.2, 0) is 11.2 Å². The van der Waals surface area contributed by atoms with Gasteiger partial charge in [0.05, 0.1) is 0 Å². The maximum Gasteiger partial charge on any atom is 0.247 e. The number of amides is 1. The lowest BCUT2D eigenvalue weighted by Crippen LogP contribution is -2.52. The molecule has 2 heterocycles. The molecule has 0 bridgehead atoms. The molecule has 1 saturated heterocycles. The van der Waals surface area contributed by atoms with Crippen LogP contribution in [0.15, 0.2) is 34.7 Å². The Bertz CT molecular complexity index is 671. The summed E-state index contributed by atoms with van der Waals surface area (Å²) in [7, 11) is 2.10. The van der Waals surface area contributed by atoms with Gasteiger partial charge in [-0.05, 0) is 32.5 Å². The minimum absolute atomic E-state index is 0.221. The van der Waals surface area contributed by atoms with Crippen LogP contribution in [0.2, 0.25) is 0 Å². The number of likely N-dealkylation sites (N-methyl/N-ethyl adjacent to an activating group) is 1. The molecule has 1 aromatic carbocycles. The van der Waals surface area contributed by atoms with Crippen LogP contribution in [-0.4, -0.2) is 58.6 Å². The van der Waals surface area contributed by atoms with E-state index in [1.807, 2.05) is 35.2 Å². The third kappa shape index (κ3) is 4.00. The molecule has 1 aliphatic rings. The Kier molecular flexibility index (Phi) is 5.25. The number of benzene rings is 1. The summed E-state index contributed by atoms with van der Waals surface area (Å²) in [6.45, 7) is 4.81. The van der Waals surface area contributed by atoms with Gasteiger partial charge >= 0.3 is 0 Å². The van der Waals surface area contributed by atoms with E-state index >= 15 is 0 Å². The van der Waals surface area contributed by atoms with Crippen LogP contribution in [0.25, 0.3) is 11.5 Å². The molecule has 1 atom stereocenters. The molecule has 24 heavy (non-hydrogen) atoms. The summed E-state index contributed by atoms with van der Waals surface area (Å²) in [4.78, 5) is 16.6. The molecule has 128 valence electrons. The molecule has 0 radical (unpaired) electrons. The van der Waals surface area contributed by atoms with Crippen LogP contribution in [0, 0.1) is 0 Å². The zero-order valence-electron chi connectivity index (χ0n) is 14.3. The third-order valence-corrected chi connectivity index (χ3v) is 4.42. The summed E-state index contributed by atoms with van der Waals surface area (Å²) >= 11 is 0. The van der Waals surface area contributed by atoms with Gasteiger partial charge in [-0.1, -0.05) is 18.2 Å². The van der Waals surface area contributed by atoms with Crippen LogP contribution in [0.5, 0.6) is 0 Å². The first-order chi connectivity index (χ1) is 11.6. The number of hydrogen-bond donors (Lipinski definition) is 0. The van der Waals surface area contributed by atoms with Crippen LogP contribution in [0.4, 0.5) is 0 Å². The van der Waals surface area contributed by atoms with Gasteiger partial charge in [-0.2, -0.15) is 0 Å². The van der Waals surface area contributed by atoms with Crippen LogP contribution >= 0.6 is 0 Å².